The second-order valence-corrected chi connectivity index (χ2v) is 7.00. The van der Waals surface area contributed by atoms with Gasteiger partial charge in [0.1, 0.15) is 0 Å². The number of amides is 1. The number of piperidine rings is 1. The van der Waals surface area contributed by atoms with Gasteiger partial charge in [0.2, 0.25) is 5.91 Å². The normalized spacial score (nSPS) is 26.6. The number of rotatable bonds is 2. The number of carbonyl (C=O) groups excluding carboxylic acids is 1. The Morgan fingerprint density at radius 1 is 1.18 bits per heavy atom. The van der Waals surface area contributed by atoms with Gasteiger partial charge >= 0.3 is 0 Å². The van der Waals surface area contributed by atoms with Gasteiger partial charge in [0.15, 0.2) is 0 Å². The third-order valence-corrected chi connectivity index (χ3v) is 5.75. The molecule has 2 fully saturated rings. The highest BCUT2D eigenvalue weighted by atomic mass is 16.2. The van der Waals surface area contributed by atoms with Crippen molar-refractivity contribution < 1.29 is 4.79 Å². The largest absolute Gasteiger partial charge is 0.338 e. The monoisotopic (exact) mass is 296 g/mol. The van der Waals surface area contributed by atoms with E-state index in [0.29, 0.717) is 17.2 Å². The summed E-state index contributed by atoms with van der Waals surface area (Å²) in [4.78, 5) is 14.8. The molecule has 0 bridgehead atoms. The van der Waals surface area contributed by atoms with Gasteiger partial charge in [0.25, 0.3) is 0 Å². The Hall–Kier alpha value is -1.61. The van der Waals surface area contributed by atoms with Gasteiger partial charge in [-0.2, -0.15) is 0 Å². The second kappa shape index (κ2) is 5.54. The van der Waals surface area contributed by atoms with E-state index in [1.54, 1.807) is 0 Å². The Morgan fingerprint density at radius 2 is 1.95 bits per heavy atom. The quantitative estimate of drug-likeness (QED) is 0.910. The zero-order valence-electron chi connectivity index (χ0n) is 13.1. The third kappa shape index (κ3) is 2.48. The lowest BCUT2D eigenvalue weighted by Crippen LogP contribution is -2.38. The van der Waals surface area contributed by atoms with Crippen molar-refractivity contribution in [2.45, 2.75) is 25.7 Å². The van der Waals surface area contributed by atoms with Crippen molar-refractivity contribution in [3.05, 3.63) is 42.0 Å². The minimum absolute atomic E-state index is 0.307. The molecule has 1 aliphatic carbocycles. The first-order chi connectivity index (χ1) is 10.8. The minimum Gasteiger partial charge on any atom is -0.338 e. The van der Waals surface area contributed by atoms with Gasteiger partial charge in [0, 0.05) is 19.0 Å². The fourth-order valence-corrected chi connectivity index (χ4v) is 4.18. The van der Waals surface area contributed by atoms with Crippen molar-refractivity contribution in [3.63, 3.8) is 0 Å². The van der Waals surface area contributed by atoms with Crippen molar-refractivity contribution in [1.29, 1.82) is 0 Å². The van der Waals surface area contributed by atoms with Crippen LogP contribution in [-0.4, -0.2) is 37.0 Å². The maximum Gasteiger partial charge on any atom is 0.226 e. The Balaban J connectivity index is 1.39. The zero-order chi connectivity index (χ0) is 15.0. The molecule has 1 amide bonds. The highest BCUT2D eigenvalue weighted by molar-refractivity contribution is 5.84. The van der Waals surface area contributed by atoms with Crippen LogP contribution in [0.25, 0.3) is 5.57 Å². The van der Waals surface area contributed by atoms with Gasteiger partial charge in [-0.3, -0.25) is 4.79 Å². The summed E-state index contributed by atoms with van der Waals surface area (Å²) in [6, 6.07) is 10.5. The number of hydrogen-bond donors (Lipinski definition) is 1. The predicted octanol–water partition coefficient (Wildman–Crippen LogP) is 2.69. The molecule has 1 atom stereocenters. The molecule has 0 aromatic heterocycles. The van der Waals surface area contributed by atoms with Crippen LogP contribution in [0.2, 0.25) is 0 Å². The van der Waals surface area contributed by atoms with Crippen molar-refractivity contribution in [1.82, 2.24) is 10.2 Å². The summed E-state index contributed by atoms with van der Waals surface area (Å²) in [5.41, 5.74) is 3.04. The van der Waals surface area contributed by atoms with E-state index in [0.717, 1.165) is 39.0 Å². The molecule has 22 heavy (non-hydrogen) atoms. The number of benzene rings is 1. The summed E-state index contributed by atoms with van der Waals surface area (Å²) in [7, 11) is 0. The predicted molar refractivity (Wildman–Crippen MR) is 88.3 cm³/mol. The van der Waals surface area contributed by atoms with Crippen LogP contribution < -0.4 is 5.32 Å². The summed E-state index contributed by atoms with van der Waals surface area (Å²) in [6.45, 7) is 3.84. The molecule has 1 saturated heterocycles. The average molecular weight is 296 g/mol. The molecular weight excluding hydrogens is 272 g/mol. The molecule has 0 radical (unpaired) electrons. The van der Waals surface area contributed by atoms with Gasteiger partial charge in [-0.25, -0.2) is 0 Å². The van der Waals surface area contributed by atoms with Crippen LogP contribution >= 0.6 is 0 Å². The molecule has 3 aliphatic rings. The van der Waals surface area contributed by atoms with Crippen LogP contribution in [0.5, 0.6) is 0 Å². The molecule has 1 spiro atoms. The molecular formula is C19H24N2O. The number of hydrogen-bond acceptors (Lipinski definition) is 2. The molecule has 2 aliphatic heterocycles. The van der Waals surface area contributed by atoms with E-state index in [2.05, 4.69) is 40.6 Å². The van der Waals surface area contributed by atoms with E-state index in [9.17, 15) is 4.79 Å². The lowest BCUT2D eigenvalue weighted by Gasteiger charge is -2.29. The summed E-state index contributed by atoms with van der Waals surface area (Å²) in [5.74, 6) is 0.714. The smallest absolute Gasteiger partial charge is 0.226 e. The number of nitrogens with one attached hydrogen (secondary N) is 1. The zero-order valence-corrected chi connectivity index (χ0v) is 13.1. The fourth-order valence-electron chi connectivity index (χ4n) is 4.18. The van der Waals surface area contributed by atoms with Gasteiger partial charge in [-0.1, -0.05) is 36.4 Å². The van der Waals surface area contributed by atoms with E-state index >= 15 is 0 Å². The van der Waals surface area contributed by atoms with Gasteiger partial charge in [0.05, 0.1) is 0 Å². The molecule has 0 unspecified atom stereocenters. The average Bonchev–Trinajstić information content (AvgIpc) is 3.29. The second-order valence-electron chi connectivity index (χ2n) is 7.00. The highest BCUT2D eigenvalue weighted by Crippen LogP contribution is 2.59. The summed E-state index contributed by atoms with van der Waals surface area (Å²) < 4.78 is 0. The molecule has 1 aromatic rings. The Labute approximate surface area is 132 Å². The maximum absolute atomic E-state index is 12.8. The lowest BCUT2D eigenvalue weighted by atomic mass is 9.91. The first-order valence-electron chi connectivity index (χ1n) is 8.52. The highest BCUT2D eigenvalue weighted by Gasteiger charge is 2.58. The number of nitrogens with zero attached hydrogens (tertiary/aromatic N) is 1. The minimum atomic E-state index is 0.307. The molecule has 3 nitrogen and oxygen atoms in total. The molecule has 1 saturated carbocycles. The van der Waals surface area contributed by atoms with Gasteiger partial charge < -0.3 is 10.2 Å². The van der Waals surface area contributed by atoms with Crippen molar-refractivity contribution in [2.24, 2.45) is 11.3 Å². The van der Waals surface area contributed by atoms with Crippen molar-refractivity contribution in [2.75, 3.05) is 26.2 Å². The molecule has 3 heteroatoms. The first kappa shape index (κ1) is 14.0. The standard InChI is InChI=1S/C19H24N2O/c22-18(17-14-19(17)8-10-20-11-9-19)21-12-6-16(7-13-21)15-4-2-1-3-5-15/h1-6,17,20H,7-14H2/t17-/m1/s1. The van der Waals surface area contributed by atoms with Gasteiger partial charge in [-0.15, -0.1) is 0 Å². The SMILES string of the molecule is O=C([C@H]1CC12CCNCC2)N1CC=C(c2ccccc2)CC1. The fraction of sp³-hybridized carbons (Fsp3) is 0.526. The molecule has 116 valence electrons. The van der Waals surface area contributed by atoms with Crippen LogP contribution in [0.4, 0.5) is 0 Å². The summed E-state index contributed by atoms with van der Waals surface area (Å²) >= 11 is 0. The Morgan fingerprint density at radius 3 is 2.64 bits per heavy atom. The molecule has 1 N–H and O–H groups in total. The lowest BCUT2D eigenvalue weighted by molar-refractivity contribution is -0.133. The van der Waals surface area contributed by atoms with Gasteiger partial charge in [-0.05, 0) is 55.3 Å². The maximum atomic E-state index is 12.8. The van der Waals surface area contributed by atoms with Crippen molar-refractivity contribution >= 4 is 11.5 Å². The van der Waals surface area contributed by atoms with E-state index in [-0.39, 0.29) is 0 Å². The topological polar surface area (TPSA) is 32.3 Å². The molecule has 2 heterocycles. The Bertz CT molecular complexity index is 587. The van der Waals surface area contributed by atoms with Crippen LogP contribution in [0.15, 0.2) is 36.4 Å². The van der Waals surface area contributed by atoms with E-state index in [1.165, 1.54) is 24.0 Å². The first-order valence-corrected chi connectivity index (χ1v) is 8.52. The van der Waals surface area contributed by atoms with Crippen LogP contribution in [0.1, 0.15) is 31.2 Å². The van der Waals surface area contributed by atoms with Crippen molar-refractivity contribution in [3.8, 4) is 0 Å². The Kier molecular flexibility index (Phi) is 3.53. The van der Waals surface area contributed by atoms with E-state index < -0.39 is 0 Å². The number of carbonyl (C=O) groups is 1. The van der Waals surface area contributed by atoms with Crippen LogP contribution in [0.3, 0.4) is 0 Å². The van der Waals surface area contributed by atoms with Crippen LogP contribution in [0, 0.1) is 11.3 Å². The summed E-state index contributed by atoms with van der Waals surface area (Å²) in [6.07, 6.45) is 6.72. The summed E-state index contributed by atoms with van der Waals surface area (Å²) in [5, 5.41) is 3.41. The van der Waals surface area contributed by atoms with Crippen LogP contribution in [-0.2, 0) is 4.79 Å². The molecule has 1 aromatic carbocycles. The molecule has 4 rings (SSSR count). The third-order valence-electron chi connectivity index (χ3n) is 5.75. The van der Waals surface area contributed by atoms with E-state index in [4.69, 9.17) is 0 Å². The van der Waals surface area contributed by atoms with E-state index in [1.807, 2.05) is 6.07 Å².